The Bertz CT molecular complexity index is 552. The van der Waals surface area contributed by atoms with Crippen LogP contribution in [0.15, 0.2) is 18.6 Å². The molecule has 2 rings (SSSR count). The molecule has 100 valence electrons. The molecule has 0 bridgehead atoms. The Hall–Kier alpha value is -2.24. The van der Waals surface area contributed by atoms with E-state index in [-0.39, 0.29) is 5.97 Å². The third kappa shape index (κ3) is 2.96. The minimum absolute atomic E-state index is 0.338. The van der Waals surface area contributed by atoms with E-state index in [2.05, 4.69) is 19.9 Å². The Kier molecular flexibility index (Phi) is 4.22. The van der Waals surface area contributed by atoms with Crippen molar-refractivity contribution in [3.05, 3.63) is 29.8 Å². The highest BCUT2D eigenvalue weighted by molar-refractivity contribution is 5.90. The molecule has 0 saturated heterocycles. The lowest BCUT2D eigenvalue weighted by Crippen LogP contribution is -2.11. The number of carbonyl (C=O) groups excluding carboxylic acids is 1. The Balaban J connectivity index is 2.37. The molecule has 2 aromatic heterocycles. The van der Waals surface area contributed by atoms with Crippen LogP contribution in [0.2, 0.25) is 0 Å². The summed E-state index contributed by atoms with van der Waals surface area (Å²) in [6, 6.07) is 0. The SMILES string of the molecule is CCCc1nc(-c2ncc[nH]2)ncc1C(=O)OCC. The summed E-state index contributed by atoms with van der Waals surface area (Å²) >= 11 is 0. The van der Waals surface area contributed by atoms with E-state index in [1.165, 1.54) is 6.20 Å². The van der Waals surface area contributed by atoms with Gasteiger partial charge in [0.15, 0.2) is 11.6 Å². The third-order valence-corrected chi connectivity index (χ3v) is 2.56. The van der Waals surface area contributed by atoms with Crippen LogP contribution in [0.1, 0.15) is 36.3 Å². The van der Waals surface area contributed by atoms with Crippen molar-refractivity contribution in [2.75, 3.05) is 6.61 Å². The van der Waals surface area contributed by atoms with Crippen molar-refractivity contribution >= 4 is 5.97 Å². The van der Waals surface area contributed by atoms with Crippen LogP contribution in [0, 0.1) is 0 Å². The molecular formula is C13H16N4O2. The van der Waals surface area contributed by atoms with Crippen molar-refractivity contribution in [1.29, 1.82) is 0 Å². The number of esters is 1. The average Bonchev–Trinajstić information content (AvgIpc) is 2.93. The van der Waals surface area contributed by atoms with Crippen molar-refractivity contribution in [1.82, 2.24) is 19.9 Å². The number of nitrogens with one attached hydrogen (secondary N) is 1. The van der Waals surface area contributed by atoms with Gasteiger partial charge in [-0.05, 0) is 13.3 Å². The molecule has 6 nitrogen and oxygen atoms in total. The molecule has 19 heavy (non-hydrogen) atoms. The van der Waals surface area contributed by atoms with Crippen LogP contribution >= 0.6 is 0 Å². The molecule has 0 aromatic carbocycles. The van der Waals surface area contributed by atoms with Gasteiger partial charge in [-0.3, -0.25) is 0 Å². The number of hydrogen-bond acceptors (Lipinski definition) is 5. The van der Waals surface area contributed by atoms with Crippen LogP contribution in [-0.4, -0.2) is 32.5 Å². The number of aromatic amines is 1. The summed E-state index contributed by atoms with van der Waals surface area (Å²) in [6.07, 6.45) is 6.44. The maximum atomic E-state index is 11.8. The lowest BCUT2D eigenvalue weighted by molar-refractivity contribution is 0.0524. The molecule has 0 aliphatic rings. The lowest BCUT2D eigenvalue weighted by atomic mass is 10.1. The Morgan fingerprint density at radius 1 is 1.37 bits per heavy atom. The number of aryl methyl sites for hydroxylation is 1. The van der Waals surface area contributed by atoms with Crippen LogP contribution in [0.4, 0.5) is 0 Å². The fourth-order valence-corrected chi connectivity index (χ4v) is 1.73. The summed E-state index contributed by atoms with van der Waals surface area (Å²) in [7, 11) is 0. The predicted octanol–water partition coefficient (Wildman–Crippen LogP) is 2.00. The molecule has 2 heterocycles. The summed E-state index contributed by atoms with van der Waals surface area (Å²) in [4.78, 5) is 27.4. The third-order valence-electron chi connectivity index (χ3n) is 2.56. The molecular weight excluding hydrogens is 244 g/mol. The maximum absolute atomic E-state index is 11.8. The maximum Gasteiger partial charge on any atom is 0.341 e. The van der Waals surface area contributed by atoms with Gasteiger partial charge in [-0.15, -0.1) is 0 Å². The summed E-state index contributed by atoms with van der Waals surface area (Å²) in [5.41, 5.74) is 1.13. The van der Waals surface area contributed by atoms with Gasteiger partial charge in [0.2, 0.25) is 0 Å². The van der Waals surface area contributed by atoms with Crippen molar-refractivity contribution in [2.24, 2.45) is 0 Å². The monoisotopic (exact) mass is 260 g/mol. The number of nitrogens with zero attached hydrogens (tertiary/aromatic N) is 3. The number of aromatic nitrogens is 4. The van der Waals surface area contributed by atoms with Gasteiger partial charge < -0.3 is 9.72 Å². The molecule has 0 spiro atoms. The average molecular weight is 260 g/mol. The summed E-state index contributed by atoms with van der Waals surface area (Å²) in [6.45, 7) is 4.14. The smallest absolute Gasteiger partial charge is 0.341 e. The molecule has 0 unspecified atom stereocenters. The van der Waals surface area contributed by atoms with Crippen LogP contribution < -0.4 is 0 Å². The summed E-state index contributed by atoms with van der Waals surface area (Å²) < 4.78 is 5.00. The molecule has 0 amide bonds. The minimum Gasteiger partial charge on any atom is -0.462 e. The molecule has 0 radical (unpaired) electrons. The first-order chi connectivity index (χ1) is 9.26. The Morgan fingerprint density at radius 2 is 2.21 bits per heavy atom. The molecule has 0 atom stereocenters. The van der Waals surface area contributed by atoms with Crippen LogP contribution in [-0.2, 0) is 11.2 Å². The van der Waals surface area contributed by atoms with Crippen molar-refractivity contribution in [3.8, 4) is 11.6 Å². The van der Waals surface area contributed by atoms with Gasteiger partial charge in [0, 0.05) is 18.6 Å². The van der Waals surface area contributed by atoms with Gasteiger partial charge in [-0.2, -0.15) is 0 Å². The van der Waals surface area contributed by atoms with Gasteiger partial charge in [0.1, 0.15) is 0 Å². The molecule has 0 aliphatic carbocycles. The molecule has 0 fully saturated rings. The fourth-order valence-electron chi connectivity index (χ4n) is 1.73. The highest BCUT2D eigenvalue weighted by atomic mass is 16.5. The second-order valence-electron chi connectivity index (χ2n) is 3.96. The fraction of sp³-hybridized carbons (Fsp3) is 0.385. The van der Waals surface area contributed by atoms with E-state index < -0.39 is 0 Å². The van der Waals surface area contributed by atoms with Crippen LogP contribution in [0.3, 0.4) is 0 Å². The van der Waals surface area contributed by atoms with Crippen LogP contribution in [0.5, 0.6) is 0 Å². The first-order valence-electron chi connectivity index (χ1n) is 6.29. The molecule has 2 aromatic rings. The predicted molar refractivity (Wildman–Crippen MR) is 69.6 cm³/mol. The highest BCUT2D eigenvalue weighted by Crippen LogP contribution is 2.14. The van der Waals surface area contributed by atoms with E-state index in [0.717, 1.165) is 6.42 Å². The van der Waals surface area contributed by atoms with Gasteiger partial charge in [-0.1, -0.05) is 13.3 Å². The zero-order valence-corrected chi connectivity index (χ0v) is 11.0. The van der Waals surface area contributed by atoms with Gasteiger partial charge >= 0.3 is 5.97 Å². The first-order valence-corrected chi connectivity index (χ1v) is 6.29. The Labute approximate surface area is 111 Å². The number of H-pyrrole nitrogens is 1. The van der Waals surface area contributed by atoms with Crippen molar-refractivity contribution in [3.63, 3.8) is 0 Å². The standard InChI is InChI=1S/C13H16N4O2/c1-3-5-10-9(13(18)19-4-2)8-16-12(17-10)11-14-6-7-15-11/h6-8H,3-5H2,1-2H3,(H,14,15). The lowest BCUT2D eigenvalue weighted by Gasteiger charge is -2.07. The van der Waals surface area contributed by atoms with Crippen LogP contribution in [0.25, 0.3) is 11.6 Å². The van der Waals surface area contributed by atoms with Gasteiger partial charge in [0.05, 0.1) is 17.9 Å². The van der Waals surface area contributed by atoms with Gasteiger partial charge in [-0.25, -0.2) is 19.7 Å². The second kappa shape index (κ2) is 6.08. The largest absolute Gasteiger partial charge is 0.462 e. The number of ether oxygens (including phenoxy) is 1. The quantitative estimate of drug-likeness (QED) is 0.831. The highest BCUT2D eigenvalue weighted by Gasteiger charge is 2.16. The first kappa shape index (κ1) is 13.2. The molecule has 0 saturated carbocycles. The van der Waals surface area contributed by atoms with E-state index in [1.54, 1.807) is 19.3 Å². The molecule has 6 heteroatoms. The normalized spacial score (nSPS) is 10.4. The number of hydrogen-bond donors (Lipinski definition) is 1. The van der Waals surface area contributed by atoms with E-state index in [0.29, 0.717) is 35.9 Å². The molecule has 1 N–H and O–H groups in total. The number of rotatable bonds is 5. The zero-order chi connectivity index (χ0) is 13.7. The van der Waals surface area contributed by atoms with E-state index in [1.807, 2.05) is 6.92 Å². The number of imidazole rings is 1. The second-order valence-corrected chi connectivity index (χ2v) is 3.96. The summed E-state index contributed by atoms with van der Waals surface area (Å²) in [5.74, 6) is 0.700. The van der Waals surface area contributed by atoms with Gasteiger partial charge in [0.25, 0.3) is 0 Å². The van der Waals surface area contributed by atoms with E-state index >= 15 is 0 Å². The van der Waals surface area contributed by atoms with E-state index in [9.17, 15) is 4.79 Å². The topological polar surface area (TPSA) is 80.8 Å². The van der Waals surface area contributed by atoms with Crippen molar-refractivity contribution < 1.29 is 9.53 Å². The molecule has 0 aliphatic heterocycles. The summed E-state index contributed by atoms with van der Waals surface area (Å²) in [5, 5.41) is 0. The number of carbonyl (C=O) groups is 1. The van der Waals surface area contributed by atoms with E-state index in [4.69, 9.17) is 4.74 Å². The minimum atomic E-state index is -0.378. The Morgan fingerprint density at radius 3 is 2.84 bits per heavy atom. The zero-order valence-electron chi connectivity index (χ0n) is 11.0. The van der Waals surface area contributed by atoms with Crippen molar-refractivity contribution in [2.45, 2.75) is 26.7 Å².